The quantitative estimate of drug-likeness (QED) is 0.796. The number of ether oxygens (including phenoxy) is 2. The Hall–Kier alpha value is -2.53. The summed E-state index contributed by atoms with van der Waals surface area (Å²) in [6.07, 6.45) is 0. The van der Waals surface area contributed by atoms with E-state index in [1.807, 2.05) is 63.2 Å². The van der Waals surface area contributed by atoms with Gasteiger partial charge in [0.05, 0.1) is 6.61 Å². The van der Waals surface area contributed by atoms with Crippen LogP contribution in [0.5, 0.6) is 11.5 Å². The van der Waals surface area contributed by atoms with Gasteiger partial charge in [-0.25, -0.2) is 0 Å². The summed E-state index contributed by atoms with van der Waals surface area (Å²) in [6.45, 7) is 5.61. The normalized spacial score (nSPS) is 10.6. The molecule has 0 unspecified atom stereocenters. The van der Waals surface area contributed by atoms with E-state index in [1.165, 1.54) is 0 Å². The fourth-order valence-electron chi connectivity index (χ4n) is 2.39. The lowest BCUT2D eigenvalue weighted by atomic mass is 10.1. The number of hydrogen-bond donors (Lipinski definition) is 1. The number of likely N-dealkylation sites (N-methyl/N-ethyl adjacent to an activating group) is 1. The van der Waals surface area contributed by atoms with Crippen molar-refractivity contribution in [2.75, 3.05) is 39.2 Å². The maximum Gasteiger partial charge on any atom is 0.263 e. The Morgan fingerprint density at radius 2 is 1.76 bits per heavy atom. The third kappa shape index (κ3) is 5.50. The van der Waals surface area contributed by atoms with Crippen molar-refractivity contribution < 1.29 is 14.3 Å². The average molecular weight is 342 g/mol. The van der Waals surface area contributed by atoms with Crippen LogP contribution in [0.4, 0.5) is 5.69 Å². The molecule has 1 N–H and O–H groups in total. The third-order valence-corrected chi connectivity index (χ3v) is 3.59. The summed E-state index contributed by atoms with van der Waals surface area (Å²) in [5, 5.41) is 2.93. The molecule has 0 heterocycles. The van der Waals surface area contributed by atoms with E-state index >= 15 is 0 Å². The number of aryl methyl sites for hydroxylation is 1. The predicted molar refractivity (Wildman–Crippen MR) is 101 cm³/mol. The van der Waals surface area contributed by atoms with Crippen molar-refractivity contribution >= 4 is 11.6 Å². The van der Waals surface area contributed by atoms with Gasteiger partial charge in [0.15, 0.2) is 0 Å². The molecule has 0 saturated carbocycles. The molecule has 0 spiro atoms. The molecule has 0 atom stereocenters. The highest BCUT2D eigenvalue weighted by molar-refractivity contribution is 6.08. The zero-order valence-electron chi connectivity index (χ0n) is 15.3. The molecule has 25 heavy (non-hydrogen) atoms. The van der Waals surface area contributed by atoms with E-state index in [-0.39, 0.29) is 5.91 Å². The van der Waals surface area contributed by atoms with Crippen molar-refractivity contribution in [3.05, 3.63) is 53.6 Å². The SMILES string of the molecule is CCOc1cccc(OCCN(C)C)c1C(=O)Nc1cccc(C)c1. The zero-order valence-corrected chi connectivity index (χ0v) is 15.3. The molecule has 0 fully saturated rings. The summed E-state index contributed by atoms with van der Waals surface area (Å²) >= 11 is 0. The molecule has 5 heteroatoms. The van der Waals surface area contributed by atoms with E-state index in [9.17, 15) is 4.79 Å². The summed E-state index contributed by atoms with van der Waals surface area (Å²) in [5.74, 6) is 0.808. The van der Waals surface area contributed by atoms with Crippen LogP contribution in [0.25, 0.3) is 0 Å². The highest BCUT2D eigenvalue weighted by atomic mass is 16.5. The number of nitrogens with one attached hydrogen (secondary N) is 1. The number of nitrogens with zero attached hydrogens (tertiary/aromatic N) is 1. The third-order valence-electron chi connectivity index (χ3n) is 3.59. The van der Waals surface area contributed by atoms with Crippen molar-refractivity contribution in [3.63, 3.8) is 0 Å². The van der Waals surface area contributed by atoms with Crippen molar-refractivity contribution in [1.82, 2.24) is 4.90 Å². The van der Waals surface area contributed by atoms with Gasteiger partial charge >= 0.3 is 0 Å². The monoisotopic (exact) mass is 342 g/mol. The van der Waals surface area contributed by atoms with Gasteiger partial charge in [-0.05, 0) is 57.8 Å². The highest BCUT2D eigenvalue weighted by Gasteiger charge is 2.19. The van der Waals surface area contributed by atoms with Gasteiger partial charge in [-0.1, -0.05) is 18.2 Å². The average Bonchev–Trinajstić information content (AvgIpc) is 2.55. The fraction of sp³-hybridized carbons (Fsp3) is 0.350. The fourth-order valence-corrected chi connectivity index (χ4v) is 2.39. The second-order valence-corrected chi connectivity index (χ2v) is 6.04. The minimum Gasteiger partial charge on any atom is -0.493 e. The van der Waals surface area contributed by atoms with Gasteiger partial charge in [-0.15, -0.1) is 0 Å². The lowest BCUT2D eigenvalue weighted by Crippen LogP contribution is -2.21. The van der Waals surface area contributed by atoms with Crippen LogP contribution in [0.2, 0.25) is 0 Å². The van der Waals surface area contributed by atoms with E-state index in [4.69, 9.17) is 9.47 Å². The molecular weight excluding hydrogens is 316 g/mol. The van der Waals surface area contributed by atoms with Crippen LogP contribution in [0.1, 0.15) is 22.8 Å². The lowest BCUT2D eigenvalue weighted by Gasteiger charge is -2.17. The van der Waals surface area contributed by atoms with E-state index in [0.717, 1.165) is 17.8 Å². The molecule has 0 aliphatic heterocycles. The van der Waals surface area contributed by atoms with Crippen LogP contribution in [0.15, 0.2) is 42.5 Å². The lowest BCUT2D eigenvalue weighted by molar-refractivity contribution is 0.101. The summed E-state index contributed by atoms with van der Waals surface area (Å²) < 4.78 is 11.5. The number of benzene rings is 2. The van der Waals surface area contributed by atoms with Crippen LogP contribution < -0.4 is 14.8 Å². The first-order chi connectivity index (χ1) is 12.0. The highest BCUT2D eigenvalue weighted by Crippen LogP contribution is 2.29. The molecule has 0 aliphatic rings. The molecule has 5 nitrogen and oxygen atoms in total. The van der Waals surface area contributed by atoms with E-state index in [0.29, 0.717) is 30.3 Å². The molecule has 0 radical (unpaired) electrons. The second kappa shape index (κ2) is 9.08. The van der Waals surface area contributed by atoms with Gasteiger partial charge in [0.1, 0.15) is 23.7 Å². The molecule has 0 bridgehead atoms. The van der Waals surface area contributed by atoms with Gasteiger partial charge in [-0.2, -0.15) is 0 Å². The van der Waals surface area contributed by atoms with Crippen molar-refractivity contribution in [2.24, 2.45) is 0 Å². The van der Waals surface area contributed by atoms with E-state index in [1.54, 1.807) is 12.1 Å². The maximum atomic E-state index is 12.9. The minimum atomic E-state index is -0.241. The minimum absolute atomic E-state index is 0.241. The van der Waals surface area contributed by atoms with Crippen molar-refractivity contribution in [2.45, 2.75) is 13.8 Å². The van der Waals surface area contributed by atoms with Gasteiger partial charge in [0.2, 0.25) is 0 Å². The number of carbonyl (C=O) groups is 1. The predicted octanol–water partition coefficient (Wildman–Crippen LogP) is 3.59. The molecule has 2 aromatic carbocycles. The van der Waals surface area contributed by atoms with Crippen LogP contribution in [-0.2, 0) is 0 Å². The standard InChI is InChI=1S/C20H26N2O3/c1-5-24-17-10-7-11-18(25-13-12-22(3)4)19(17)20(23)21-16-9-6-8-15(2)14-16/h6-11,14H,5,12-13H2,1-4H3,(H,21,23). The summed E-state index contributed by atoms with van der Waals surface area (Å²) in [5.41, 5.74) is 2.25. The van der Waals surface area contributed by atoms with Crippen LogP contribution in [0.3, 0.4) is 0 Å². The Kier molecular flexibility index (Phi) is 6.83. The molecule has 2 aromatic rings. The Labute approximate surface area is 149 Å². The molecule has 134 valence electrons. The molecule has 0 aromatic heterocycles. The summed E-state index contributed by atoms with van der Waals surface area (Å²) in [7, 11) is 3.96. The number of anilines is 1. The summed E-state index contributed by atoms with van der Waals surface area (Å²) in [4.78, 5) is 14.9. The van der Waals surface area contributed by atoms with E-state index in [2.05, 4.69) is 5.32 Å². The molecule has 2 rings (SSSR count). The Balaban J connectivity index is 2.26. The Morgan fingerprint density at radius 3 is 2.40 bits per heavy atom. The molecular formula is C20H26N2O3. The first-order valence-electron chi connectivity index (χ1n) is 8.42. The van der Waals surface area contributed by atoms with Gasteiger partial charge in [0.25, 0.3) is 5.91 Å². The van der Waals surface area contributed by atoms with Crippen LogP contribution in [-0.4, -0.2) is 44.7 Å². The number of rotatable bonds is 8. The van der Waals surface area contributed by atoms with Crippen LogP contribution in [0, 0.1) is 6.92 Å². The van der Waals surface area contributed by atoms with E-state index < -0.39 is 0 Å². The zero-order chi connectivity index (χ0) is 18.2. The first-order valence-corrected chi connectivity index (χ1v) is 8.42. The number of carbonyl (C=O) groups excluding carboxylic acids is 1. The molecule has 1 amide bonds. The number of hydrogen-bond acceptors (Lipinski definition) is 4. The second-order valence-electron chi connectivity index (χ2n) is 6.04. The Bertz CT molecular complexity index is 714. The Morgan fingerprint density at radius 1 is 1.08 bits per heavy atom. The van der Waals surface area contributed by atoms with Crippen LogP contribution >= 0.6 is 0 Å². The topological polar surface area (TPSA) is 50.8 Å². The first kappa shape index (κ1) is 18.8. The smallest absolute Gasteiger partial charge is 0.263 e. The molecule has 0 aliphatic carbocycles. The summed E-state index contributed by atoms with van der Waals surface area (Å²) in [6, 6.07) is 13.1. The molecule has 0 saturated heterocycles. The van der Waals surface area contributed by atoms with Gasteiger partial charge in [0, 0.05) is 12.2 Å². The largest absolute Gasteiger partial charge is 0.493 e. The van der Waals surface area contributed by atoms with Gasteiger partial charge < -0.3 is 19.7 Å². The van der Waals surface area contributed by atoms with Crippen molar-refractivity contribution in [3.8, 4) is 11.5 Å². The van der Waals surface area contributed by atoms with Crippen molar-refractivity contribution in [1.29, 1.82) is 0 Å². The number of amides is 1. The van der Waals surface area contributed by atoms with Gasteiger partial charge in [-0.3, -0.25) is 4.79 Å². The maximum absolute atomic E-state index is 12.9.